The van der Waals surface area contributed by atoms with Gasteiger partial charge in [0.05, 0.1) is 24.0 Å². The van der Waals surface area contributed by atoms with Crippen molar-refractivity contribution in [3.63, 3.8) is 0 Å². The van der Waals surface area contributed by atoms with Crippen molar-refractivity contribution >= 4 is 34.0 Å². The standard InChI is InChI=1S/C18H16N2OS/c1-21-13-6-4-5-12(9-13)19-18-14-7-2-3-8-16(14)20-17-11-22-10-15(17)18/h2-9H,10-11H2,1H3,(H,19,20). The Morgan fingerprint density at radius 1 is 1.09 bits per heavy atom. The first-order valence-corrected chi connectivity index (χ1v) is 8.40. The molecule has 2 heterocycles. The van der Waals surface area contributed by atoms with E-state index in [1.54, 1.807) is 7.11 Å². The number of anilines is 2. The Morgan fingerprint density at radius 2 is 2.00 bits per heavy atom. The molecule has 0 unspecified atom stereocenters. The molecule has 22 heavy (non-hydrogen) atoms. The van der Waals surface area contributed by atoms with Crippen molar-refractivity contribution in [3.8, 4) is 5.75 Å². The Labute approximate surface area is 133 Å². The van der Waals surface area contributed by atoms with Gasteiger partial charge in [0.15, 0.2) is 0 Å². The number of ether oxygens (including phenoxy) is 1. The molecule has 1 N–H and O–H groups in total. The molecule has 110 valence electrons. The normalized spacial score (nSPS) is 13.1. The summed E-state index contributed by atoms with van der Waals surface area (Å²) in [6.45, 7) is 0. The summed E-state index contributed by atoms with van der Waals surface area (Å²) in [5.41, 5.74) is 5.79. The third-order valence-electron chi connectivity index (χ3n) is 3.90. The molecule has 1 aromatic heterocycles. The molecule has 1 aliphatic rings. The van der Waals surface area contributed by atoms with E-state index >= 15 is 0 Å². The second-order valence-corrected chi connectivity index (χ2v) is 6.26. The summed E-state index contributed by atoms with van der Waals surface area (Å²) in [6.07, 6.45) is 0. The SMILES string of the molecule is COc1cccc(Nc2c3c(nc4ccccc24)CSC3)c1. The van der Waals surface area contributed by atoms with Crippen molar-refractivity contribution in [3.05, 3.63) is 59.8 Å². The average Bonchev–Trinajstić information content (AvgIpc) is 3.03. The quantitative estimate of drug-likeness (QED) is 0.758. The fraction of sp³-hybridized carbons (Fsp3) is 0.167. The minimum atomic E-state index is 0.856. The summed E-state index contributed by atoms with van der Waals surface area (Å²) in [7, 11) is 1.69. The van der Waals surface area contributed by atoms with E-state index in [-0.39, 0.29) is 0 Å². The maximum Gasteiger partial charge on any atom is 0.120 e. The predicted molar refractivity (Wildman–Crippen MR) is 93.0 cm³/mol. The van der Waals surface area contributed by atoms with Crippen LogP contribution in [0.2, 0.25) is 0 Å². The smallest absolute Gasteiger partial charge is 0.120 e. The van der Waals surface area contributed by atoms with Crippen LogP contribution in [-0.2, 0) is 11.5 Å². The van der Waals surface area contributed by atoms with E-state index in [0.717, 1.165) is 28.5 Å². The van der Waals surface area contributed by atoms with Gasteiger partial charge >= 0.3 is 0 Å². The van der Waals surface area contributed by atoms with Gasteiger partial charge in [-0.15, -0.1) is 0 Å². The minimum absolute atomic E-state index is 0.856. The van der Waals surface area contributed by atoms with Crippen LogP contribution in [0.25, 0.3) is 10.9 Å². The number of para-hydroxylation sites is 1. The van der Waals surface area contributed by atoms with E-state index < -0.39 is 0 Å². The van der Waals surface area contributed by atoms with Gasteiger partial charge in [-0.25, -0.2) is 0 Å². The summed E-state index contributed by atoms with van der Waals surface area (Å²) in [4.78, 5) is 4.81. The first kappa shape index (κ1) is 13.5. The number of hydrogen-bond donors (Lipinski definition) is 1. The van der Waals surface area contributed by atoms with E-state index in [9.17, 15) is 0 Å². The highest BCUT2D eigenvalue weighted by Crippen LogP contribution is 2.39. The number of rotatable bonds is 3. The summed E-state index contributed by atoms with van der Waals surface area (Å²) in [6, 6.07) is 16.4. The molecule has 3 aromatic rings. The Kier molecular flexibility index (Phi) is 3.39. The average molecular weight is 308 g/mol. The first-order valence-electron chi connectivity index (χ1n) is 7.24. The zero-order valence-electron chi connectivity index (χ0n) is 12.3. The van der Waals surface area contributed by atoms with Crippen molar-refractivity contribution in [2.45, 2.75) is 11.5 Å². The molecule has 4 rings (SSSR count). The Morgan fingerprint density at radius 3 is 2.91 bits per heavy atom. The van der Waals surface area contributed by atoms with Crippen LogP contribution >= 0.6 is 11.8 Å². The molecule has 3 nitrogen and oxygen atoms in total. The number of benzene rings is 2. The largest absolute Gasteiger partial charge is 0.497 e. The molecule has 0 amide bonds. The lowest BCUT2D eigenvalue weighted by atomic mass is 10.1. The van der Waals surface area contributed by atoms with Gasteiger partial charge < -0.3 is 10.1 Å². The second kappa shape index (κ2) is 5.54. The van der Waals surface area contributed by atoms with Crippen LogP contribution in [0.3, 0.4) is 0 Å². The predicted octanol–water partition coefficient (Wildman–Crippen LogP) is 4.73. The summed E-state index contributed by atoms with van der Waals surface area (Å²) in [5, 5.41) is 4.76. The number of nitrogens with one attached hydrogen (secondary N) is 1. The van der Waals surface area contributed by atoms with Crippen LogP contribution < -0.4 is 10.1 Å². The molecule has 0 spiro atoms. The third kappa shape index (κ3) is 2.29. The molecule has 0 bridgehead atoms. The van der Waals surface area contributed by atoms with E-state index in [1.165, 1.54) is 22.3 Å². The minimum Gasteiger partial charge on any atom is -0.497 e. The van der Waals surface area contributed by atoms with Gasteiger partial charge in [0, 0.05) is 34.2 Å². The van der Waals surface area contributed by atoms with Gasteiger partial charge in [-0.2, -0.15) is 11.8 Å². The molecule has 0 saturated carbocycles. The van der Waals surface area contributed by atoms with Crippen LogP contribution in [0.4, 0.5) is 11.4 Å². The molecule has 1 aliphatic heterocycles. The highest BCUT2D eigenvalue weighted by molar-refractivity contribution is 7.98. The Balaban J connectivity index is 1.86. The third-order valence-corrected chi connectivity index (χ3v) is 4.87. The van der Waals surface area contributed by atoms with Gasteiger partial charge in [-0.3, -0.25) is 4.98 Å². The van der Waals surface area contributed by atoms with Crippen LogP contribution in [0, 0.1) is 0 Å². The second-order valence-electron chi connectivity index (χ2n) is 5.28. The molecule has 0 atom stereocenters. The monoisotopic (exact) mass is 308 g/mol. The van der Waals surface area contributed by atoms with Crippen molar-refractivity contribution < 1.29 is 4.74 Å². The number of pyridine rings is 1. The Bertz CT molecular complexity index is 848. The topological polar surface area (TPSA) is 34.1 Å². The number of methoxy groups -OCH3 is 1. The van der Waals surface area contributed by atoms with E-state index in [0.29, 0.717) is 0 Å². The number of thioether (sulfide) groups is 1. The van der Waals surface area contributed by atoms with Gasteiger partial charge in [0.1, 0.15) is 5.75 Å². The molecule has 0 saturated heterocycles. The highest BCUT2D eigenvalue weighted by atomic mass is 32.2. The van der Waals surface area contributed by atoms with Crippen LogP contribution in [-0.4, -0.2) is 12.1 Å². The summed E-state index contributed by atoms with van der Waals surface area (Å²) in [5.74, 6) is 2.86. The van der Waals surface area contributed by atoms with E-state index in [2.05, 4.69) is 29.6 Å². The maximum absolute atomic E-state index is 5.32. The zero-order chi connectivity index (χ0) is 14.9. The molecular weight excluding hydrogens is 292 g/mol. The highest BCUT2D eigenvalue weighted by Gasteiger charge is 2.20. The van der Waals surface area contributed by atoms with Crippen LogP contribution in [0.15, 0.2) is 48.5 Å². The van der Waals surface area contributed by atoms with Gasteiger partial charge in [-0.1, -0.05) is 24.3 Å². The fourth-order valence-corrected chi connectivity index (χ4v) is 3.86. The number of hydrogen-bond acceptors (Lipinski definition) is 4. The first-order chi connectivity index (χ1) is 10.8. The van der Waals surface area contributed by atoms with Crippen molar-refractivity contribution in [1.82, 2.24) is 4.98 Å². The van der Waals surface area contributed by atoms with E-state index in [4.69, 9.17) is 9.72 Å². The Hall–Kier alpha value is -2.20. The number of nitrogens with zero attached hydrogens (tertiary/aromatic N) is 1. The molecular formula is C18H16N2OS. The fourth-order valence-electron chi connectivity index (χ4n) is 2.81. The van der Waals surface area contributed by atoms with E-state index in [1.807, 2.05) is 36.0 Å². The van der Waals surface area contributed by atoms with Gasteiger partial charge in [0.25, 0.3) is 0 Å². The number of fused-ring (bicyclic) bond motifs is 2. The van der Waals surface area contributed by atoms with Crippen molar-refractivity contribution in [1.29, 1.82) is 0 Å². The number of aromatic nitrogens is 1. The summed E-state index contributed by atoms with van der Waals surface area (Å²) < 4.78 is 5.32. The van der Waals surface area contributed by atoms with Crippen LogP contribution in [0.5, 0.6) is 5.75 Å². The molecule has 0 radical (unpaired) electrons. The zero-order valence-corrected chi connectivity index (χ0v) is 13.1. The molecule has 4 heteroatoms. The van der Waals surface area contributed by atoms with Crippen molar-refractivity contribution in [2.75, 3.05) is 12.4 Å². The maximum atomic E-state index is 5.32. The van der Waals surface area contributed by atoms with Gasteiger partial charge in [-0.05, 0) is 18.2 Å². The lowest BCUT2D eigenvalue weighted by Crippen LogP contribution is -2.00. The lowest BCUT2D eigenvalue weighted by Gasteiger charge is -2.15. The summed E-state index contributed by atoms with van der Waals surface area (Å²) >= 11 is 1.92. The molecule has 0 aliphatic carbocycles. The van der Waals surface area contributed by atoms with Crippen molar-refractivity contribution in [2.24, 2.45) is 0 Å². The van der Waals surface area contributed by atoms with Crippen LogP contribution in [0.1, 0.15) is 11.3 Å². The lowest BCUT2D eigenvalue weighted by molar-refractivity contribution is 0.415. The molecule has 2 aromatic carbocycles. The van der Waals surface area contributed by atoms with Gasteiger partial charge in [0.2, 0.25) is 0 Å². The molecule has 0 fully saturated rings.